The number of fused-ring (bicyclic) bond motifs is 1. The van der Waals surface area contributed by atoms with Crippen molar-refractivity contribution in [3.63, 3.8) is 0 Å². The number of amides is 1. The minimum absolute atomic E-state index is 0.156. The average Bonchev–Trinajstić information content (AvgIpc) is 2.93. The van der Waals surface area contributed by atoms with Crippen LogP contribution in [0, 0.1) is 0 Å². The van der Waals surface area contributed by atoms with Gasteiger partial charge in [0, 0.05) is 11.6 Å². The SMILES string of the molecule is CCC(CC(=O)OC)NC(=O)c1ccc2c(c1)OCO2. The maximum Gasteiger partial charge on any atom is 0.307 e. The van der Waals surface area contributed by atoms with Crippen LogP contribution in [0.2, 0.25) is 0 Å². The molecule has 1 aromatic carbocycles. The van der Waals surface area contributed by atoms with E-state index in [0.29, 0.717) is 23.5 Å². The molecular formula is C14H17NO5. The molecule has 0 saturated carbocycles. The van der Waals surface area contributed by atoms with Gasteiger partial charge in [-0.3, -0.25) is 9.59 Å². The van der Waals surface area contributed by atoms with E-state index in [9.17, 15) is 9.59 Å². The van der Waals surface area contributed by atoms with E-state index in [4.69, 9.17) is 9.47 Å². The Morgan fingerprint density at radius 2 is 2.10 bits per heavy atom. The molecule has 2 rings (SSSR count). The maximum absolute atomic E-state index is 12.1. The number of nitrogens with one attached hydrogen (secondary N) is 1. The van der Waals surface area contributed by atoms with Crippen molar-refractivity contribution in [1.82, 2.24) is 5.32 Å². The first-order chi connectivity index (χ1) is 9.63. The number of carbonyl (C=O) groups is 2. The van der Waals surface area contributed by atoms with Crippen molar-refractivity contribution in [2.75, 3.05) is 13.9 Å². The van der Waals surface area contributed by atoms with Gasteiger partial charge in [-0.25, -0.2) is 0 Å². The van der Waals surface area contributed by atoms with Crippen molar-refractivity contribution in [1.29, 1.82) is 0 Å². The molecule has 0 aromatic heterocycles. The van der Waals surface area contributed by atoms with Gasteiger partial charge in [0.2, 0.25) is 6.79 Å². The first kappa shape index (κ1) is 14.2. The van der Waals surface area contributed by atoms with Crippen LogP contribution in [0.4, 0.5) is 0 Å². The highest BCUT2D eigenvalue weighted by Crippen LogP contribution is 2.32. The Hall–Kier alpha value is -2.24. The zero-order valence-corrected chi connectivity index (χ0v) is 11.5. The number of esters is 1. The molecule has 6 heteroatoms. The van der Waals surface area contributed by atoms with Gasteiger partial charge < -0.3 is 19.5 Å². The first-order valence-electron chi connectivity index (χ1n) is 6.41. The fraction of sp³-hybridized carbons (Fsp3) is 0.429. The number of ether oxygens (including phenoxy) is 3. The van der Waals surface area contributed by atoms with Crippen LogP contribution in [0.1, 0.15) is 30.1 Å². The van der Waals surface area contributed by atoms with Gasteiger partial charge in [0.05, 0.1) is 13.5 Å². The minimum atomic E-state index is -0.345. The van der Waals surface area contributed by atoms with E-state index < -0.39 is 0 Å². The van der Waals surface area contributed by atoms with Crippen LogP contribution in [0.15, 0.2) is 18.2 Å². The Balaban J connectivity index is 2.01. The third kappa shape index (κ3) is 3.20. The van der Waals surface area contributed by atoms with Crippen molar-refractivity contribution < 1.29 is 23.8 Å². The molecule has 0 saturated heterocycles. The van der Waals surface area contributed by atoms with Crippen molar-refractivity contribution in [3.8, 4) is 11.5 Å². The lowest BCUT2D eigenvalue weighted by Gasteiger charge is -2.15. The normalized spacial score (nSPS) is 13.7. The summed E-state index contributed by atoms with van der Waals surface area (Å²) in [5.41, 5.74) is 0.470. The number of rotatable bonds is 5. The summed E-state index contributed by atoms with van der Waals surface area (Å²) in [6.45, 7) is 2.06. The van der Waals surface area contributed by atoms with Crippen molar-refractivity contribution in [3.05, 3.63) is 23.8 Å². The standard InChI is InChI=1S/C14H17NO5/c1-3-10(7-13(16)18-2)15-14(17)9-4-5-11-12(6-9)20-8-19-11/h4-6,10H,3,7-8H2,1-2H3,(H,15,17). The Morgan fingerprint density at radius 1 is 1.35 bits per heavy atom. The van der Waals surface area contributed by atoms with E-state index in [1.54, 1.807) is 18.2 Å². The molecule has 1 aliphatic heterocycles. The summed E-state index contributed by atoms with van der Waals surface area (Å²) in [6, 6.07) is 4.73. The lowest BCUT2D eigenvalue weighted by Crippen LogP contribution is -2.36. The van der Waals surface area contributed by atoms with Gasteiger partial charge in [-0.1, -0.05) is 6.92 Å². The molecule has 1 N–H and O–H groups in total. The average molecular weight is 279 g/mol. The van der Waals surface area contributed by atoms with E-state index in [1.807, 2.05) is 6.92 Å². The second-order valence-electron chi connectivity index (χ2n) is 4.43. The third-order valence-electron chi connectivity index (χ3n) is 3.10. The molecular weight excluding hydrogens is 262 g/mol. The van der Waals surface area contributed by atoms with Gasteiger partial charge >= 0.3 is 5.97 Å². The van der Waals surface area contributed by atoms with E-state index in [1.165, 1.54) is 7.11 Å². The molecule has 0 fully saturated rings. The molecule has 1 unspecified atom stereocenters. The molecule has 20 heavy (non-hydrogen) atoms. The maximum atomic E-state index is 12.1. The van der Waals surface area contributed by atoms with Crippen LogP contribution < -0.4 is 14.8 Å². The monoisotopic (exact) mass is 279 g/mol. The number of hydrogen-bond donors (Lipinski definition) is 1. The molecule has 0 radical (unpaired) electrons. The summed E-state index contributed by atoms with van der Waals surface area (Å²) in [7, 11) is 1.33. The van der Waals surface area contributed by atoms with Gasteiger partial charge in [0.15, 0.2) is 11.5 Å². The van der Waals surface area contributed by atoms with Crippen LogP contribution in [-0.4, -0.2) is 31.8 Å². The molecule has 0 bridgehead atoms. The van der Waals surface area contributed by atoms with Gasteiger partial charge in [-0.2, -0.15) is 0 Å². The lowest BCUT2D eigenvalue weighted by molar-refractivity contribution is -0.141. The van der Waals surface area contributed by atoms with E-state index in [-0.39, 0.29) is 31.1 Å². The Bertz CT molecular complexity index is 514. The number of hydrogen-bond acceptors (Lipinski definition) is 5. The Kier molecular flexibility index (Phi) is 4.45. The highest BCUT2D eigenvalue weighted by molar-refractivity contribution is 5.95. The van der Waals surface area contributed by atoms with Crippen molar-refractivity contribution in [2.24, 2.45) is 0 Å². The molecule has 0 aliphatic carbocycles. The van der Waals surface area contributed by atoms with Crippen molar-refractivity contribution in [2.45, 2.75) is 25.8 Å². The molecule has 0 spiro atoms. The summed E-state index contributed by atoms with van der Waals surface area (Å²) in [5, 5.41) is 2.80. The quantitative estimate of drug-likeness (QED) is 0.826. The molecule has 1 aliphatic rings. The van der Waals surface area contributed by atoms with Gasteiger partial charge in [-0.15, -0.1) is 0 Å². The molecule has 1 heterocycles. The fourth-order valence-corrected chi connectivity index (χ4v) is 1.89. The summed E-state index contributed by atoms with van der Waals surface area (Å²) in [4.78, 5) is 23.4. The van der Waals surface area contributed by atoms with Crippen LogP contribution in [-0.2, 0) is 9.53 Å². The van der Waals surface area contributed by atoms with Gasteiger partial charge in [0.25, 0.3) is 5.91 Å². The molecule has 108 valence electrons. The third-order valence-corrected chi connectivity index (χ3v) is 3.10. The van der Waals surface area contributed by atoms with Crippen LogP contribution in [0.3, 0.4) is 0 Å². The zero-order chi connectivity index (χ0) is 14.5. The Morgan fingerprint density at radius 3 is 2.80 bits per heavy atom. The largest absolute Gasteiger partial charge is 0.469 e. The fourth-order valence-electron chi connectivity index (χ4n) is 1.89. The zero-order valence-electron chi connectivity index (χ0n) is 11.5. The smallest absolute Gasteiger partial charge is 0.307 e. The molecule has 6 nitrogen and oxygen atoms in total. The molecule has 1 aromatic rings. The summed E-state index contributed by atoms with van der Waals surface area (Å²) in [6.07, 6.45) is 0.800. The number of carbonyl (C=O) groups excluding carboxylic acids is 2. The summed E-state index contributed by atoms with van der Waals surface area (Å²) in [5.74, 6) is 0.587. The predicted octanol–water partition coefficient (Wildman–Crippen LogP) is 1.49. The van der Waals surface area contributed by atoms with E-state index >= 15 is 0 Å². The predicted molar refractivity (Wildman–Crippen MR) is 70.7 cm³/mol. The number of methoxy groups -OCH3 is 1. The van der Waals surface area contributed by atoms with Crippen LogP contribution in [0.25, 0.3) is 0 Å². The molecule has 1 amide bonds. The van der Waals surface area contributed by atoms with E-state index in [0.717, 1.165) is 0 Å². The second-order valence-corrected chi connectivity index (χ2v) is 4.43. The first-order valence-corrected chi connectivity index (χ1v) is 6.41. The topological polar surface area (TPSA) is 73.9 Å². The number of benzene rings is 1. The Labute approximate surface area is 117 Å². The second kappa shape index (κ2) is 6.27. The molecule has 1 atom stereocenters. The lowest BCUT2D eigenvalue weighted by atomic mass is 10.1. The van der Waals surface area contributed by atoms with Crippen LogP contribution in [0.5, 0.6) is 11.5 Å². The van der Waals surface area contributed by atoms with Gasteiger partial charge in [-0.05, 0) is 24.6 Å². The van der Waals surface area contributed by atoms with Crippen molar-refractivity contribution >= 4 is 11.9 Å². The highest BCUT2D eigenvalue weighted by Gasteiger charge is 2.19. The van der Waals surface area contributed by atoms with Gasteiger partial charge in [0.1, 0.15) is 0 Å². The highest BCUT2D eigenvalue weighted by atomic mass is 16.7. The van der Waals surface area contributed by atoms with E-state index in [2.05, 4.69) is 10.1 Å². The van der Waals surface area contributed by atoms with Crippen LogP contribution >= 0.6 is 0 Å². The summed E-state index contributed by atoms with van der Waals surface area (Å²) >= 11 is 0. The summed E-state index contributed by atoms with van der Waals surface area (Å²) < 4.78 is 15.0. The minimum Gasteiger partial charge on any atom is -0.469 e.